The van der Waals surface area contributed by atoms with E-state index in [4.69, 9.17) is 9.47 Å². The van der Waals surface area contributed by atoms with E-state index in [0.717, 1.165) is 31.2 Å². The maximum Gasteiger partial charge on any atom is 0.257 e. The first-order chi connectivity index (χ1) is 13.1. The van der Waals surface area contributed by atoms with Crippen LogP contribution in [-0.4, -0.2) is 42.6 Å². The second kappa shape index (κ2) is 9.19. The van der Waals surface area contributed by atoms with E-state index in [1.165, 1.54) is 24.2 Å². The molecular weight excluding hydrogens is 362 g/mol. The summed E-state index contributed by atoms with van der Waals surface area (Å²) in [6.45, 7) is 7.82. The average Bonchev–Trinajstić information content (AvgIpc) is 3.09. The van der Waals surface area contributed by atoms with Gasteiger partial charge in [-0.3, -0.25) is 15.0 Å². The van der Waals surface area contributed by atoms with Crippen molar-refractivity contribution in [3.05, 3.63) is 34.8 Å². The van der Waals surface area contributed by atoms with Crippen LogP contribution in [0.2, 0.25) is 0 Å². The molecule has 1 fully saturated rings. The van der Waals surface area contributed by atoms with Gasteiger partial charge in [0.2, 0.25) is 0 Å². The number of nitrogens with one attached hydrogen (secondary N) is 1. The largest absolute Gasteiger partial charge is 0.493 e. The van der Waals surface area contributed by atoms with Crippen LogP contribution in [0, 0.1) is 5.92 Å². The van der Waals surface area contributed by atoms with E-state index in [0.29, 0.717) is 28.8 Å². The van der Waals surface area contributed by atoms with Gasteiger partial charge >= 0.3 is 0 Å². The number of anilines is 1. The lowest BCUT2D eigenvalue weighted by molar-refractivity contribution is 0.102. The fourth-order valence-corrected chi connectivity index (χ4v) is 4.05. The summed E-state index contributed by atoms with van der Waals surface area (Å²) < 4.78 is 10.8. The number of nitrogens with zero attached hydrogens (tertiary/aromatic N) is 2. The standard InChI is InChI=1S/C20H27N3O3S/c1-4-26-17-8-7-15(10-18(17)25-3)19(24)22-20-21-16(13-27-20)12-23-9-5-6-14(2)11-23/h7-8,10,13-14H,4-6,9,11-12H2,1-3H3,(H,21,22,24). The van der Waals surface area contributed by atoms with Crippen LogP contribution < -0.4 is 14.8 Å². The summed E-state index contributed by atoms with van der Waals surface area (Å²) in [6.07, 6.45) is 2.55. The maximum absolute atomic E-state index is 12.5. The van der Waals surface area contributed by atoms with Gasteiger partial charge in [0.1, 0.15) is 0 Å². The molecule has 1 atom stereocenters. The van der Waals surface area contributed by atoms with Crippen molar-refractivity contribution in [2.24, 2.45) is 5.92 Å². The first-order valence-corrected chi connectivity index (χ1v) is 10.3. The Morgan fingerprint density at radius 2 is 2.26 bits per heavy atom. The van der Waals surface area contributed by atoms with E-state index in [1.807, 2.05) is 12.3 Å². The first-order valence-electron chi connectivity index (χ1n) is 9.38. The molecule has 6 nitrogen and oxygen atoms in total. The summed E-state index contributed by atoms with van der Waals surface area (Å²) in [5.41, 5.74) is 1.52. The number of aromatic nitrogens is 1. The van der Waals surface area contributed by atoms with Gasteiger partial charge in [-0.05, 0) is 50.4 Å². The van der Waals surface area contributed by atoms with Crippen LogP contribution in [0.5, 0.6) is 11.5 Å². The van der Waals surface area contributed by atoms with Crippen molar-refractivity contribution in [1.29, 1.82) is 0 Å². The molecule has 146 valence electrons. The minimum atomic E-state index is -0.205. The Kier molecular flexibility index (Phi) is 6.68. The van der Waals surface area contributed by atoms with Gasteiger partial charge < -0.3 is 9.47 Å². The number of piperidine rings is 1. The lowest BCUT2D eigenvalue weighted by Crippen LogP contribution is -2.33. The van der Waals surface area contributed by atoms with Crippen molar-refractivity contribution in [2.45, 2.75) is 33.2 Å². The second-order valence-electron chi connectivity index (χ2n) is 6.88. The Morgan fingerprint density at radius 1 is 1.41 bits per heavy atom. The van der Waals surface area contributed by atoms with Crippen molar-refractivity contribution in [3.63, 3.8) is 0 Å². The molecule has 1 aromatic heterocycles. The summed E-state index contributed by atoms with van der Waals surface area (Å²) >= 11 is 1.46. The number of ether oxygens (including phenoxy) is 2. The van der Waals surface area contributed by atoms with E-state index in [2.05, 4.69) is 22.1 Å². The minimum absolute atomic E-state index is 0.205. The Hall–Kier alpha value is -2.12. The number of thiazole rings is 1. The van der Waals surface area contributed by atoms with Gasteiger partial charge in [0.05, 0.1) is 19.4 Å². The van der Waals surface area contributed by atoms with Gasteiger partial charge in [0.25, 0.3) is 5.91 Å². The number of hydrogen-bond donors (Lipinski definition) is 1. The molecule has 1 unspecified atom stereocenters. The van der Waals surface area contributed by atoms with Gasteiger partial charge in [-0.15, -0.1) is 11.3 Å². The van der Waals surface area contributed by atoms with Crippen molar-refractivity contribution in [3.8, 4) is 11.5 Å². The molecule has 1 saturated heterocycles. The smallest absolute Gasteiger partial charge is 0.257 e. The van der Waals surface area contributed by atoms with Crippen molar-refractivity contribution in [1.82, 2.24) is 9.88 Å². The molecule has 1 aromatic carbocycles. The van der Waals surface area contributed by atoms with Crippen molar-refractivity contribution < 1.29 is 14.3 Å². The lowest BCUT2D eigenvalue weighted by Gasteiger charge is -2.30. The zero-order valence-corrected chi connectivity index (χ0v) is 17.0. The number of carbonyl (C=O) groups is 1. The maximum atomic E-state index is 12.5. The predicted molar refractivity (Wildman–Crippen MR) is 108 cm³/mol. The Labute approximate surface area is 164 Å². The molecule has 1 amide bonds. The fraction of sp³-hybridized carbons (Fsp3) is 0.500. The van der Waals surface area contributed by atoms with Crippen LogP contribution in [0.4, 0.5) is 5.13 Å². The molecule has 3 rings (SSSR count). The predicted octanol–water partition coefficient (Wildman–Crippen LogP) is 4.03. The van der Waals surface area contributed by atoms with Crippen LogP contribution in [0.3, 0.4) is 0 Å². The number of amides is 1. The summed E-state index contributed by atoms with van der Waals surface area (Å²) in [5, 5.41) is 5.52. The zero-order valence-electron chi connectivity index (χ0n) is 16.2. The second-order valence-corrected chi connectivity index (χ2v) is 7.74. The number of benzene rings is 1. The van der Waals surface area contributed by atoms with Crippen LogP contribution in [0.15, 0.2) is 23.6 Å². The molecule has 0 radical (unpaired) electrons. The highest BCUT2D eigenvalue weighted by atomic mass is 32.1. The molecule has 0 bridgehead atoms. The molecule has 2 heterocycles. The van der Waals surface area contributed by atoms with Crippen LogP contribution in [0.1, 0.15) is 42.7 Å². The van der Waals surface area contributed by atoms with E-state index in [1.54, 1.807) is 25.3 Å². The van der Waals surface area contributed by atoms with Gasteiger partial charge in [-0.1, -0.05) is 6.92 Å². The molecule has 1 aliphatic heterocycles. The normalized spacial score (nSPS) is 17.5. The Balaban J connectivity index is 1.62. The average molecular weight is 390 g/mol. The highest BCUT2D eigenvalue weighted by Crippen LogP contribution is 2.28. The minimum Gasteiger partial charge on any atom is -0.493 e. The third-order valence-corrected chi connectivity index (χ3v) is 5.43. The molecule has 7 heteroatoms. The molecular formula is C20H27N3O3S. The van der Waals surface area contributed by atoms with Crippen LogP contribution in [0.25, 0.3) is 0 Å². The van der Waals surface area contributed by atoms with E-state index >= 15 is 0 Å². The summed E-state index contributed by atoms with van der Waals surface area (Å²) in [7, 11) is 1.56. The first kappa shape index (κ1) is 19.6. The topological polar surface area (TPSA) is 63.7 Å². The third-order valence-electron chi connectivity index (χ3n) is 4.62. The Bertz CT molecular complexity index is 778. The van der Waals surface area contributed by atoms with E-state index in [-0.39, 0.29) is 5.91 Å². The number of hydrogen-bond acceptors (Lipinski definition) is 6. The summed E-state index contributed by atoms with van der Waals surface area (Å²) in [4.78, 5) is 19.6. The summed E-state index contributed by atoms with van der Waals surface area (Å²) in [6, 6.07) is 5.17. The molecule has 2 aromatic rings. The molecule has 1 aliphatic rings. The van der Waals surface area contributed by atoms with Crippen molar-refractivity contribution >= 4 is 22.4 Å². The number of methoxy groups -OCH3 is 1. The molecule has 0 saturated carbocycles. The van der Waals surface area contributed by atoms with Crippen molar-refractivity contribution in [2.75, 3.05) is 32.1 Å². The van der Waals surface area contributed by atoms with Gasteiger partial charge in [0.15, 0.2) is 16.6 Å². The number of likely N-dealkylation sites (tertiary alicyclic amines) is 1. The third kappa shape index (κ3) is 5.20. The summed E-state index contributed by atoms with van der Waals surface area (Å²) in [5.74, 6) is 1.71. The van der Waals surface area contributed by atoms with Gasteiger partial charge in [-0.2, -0.15) is 0 Å². The highest BCUT2D eigenvalue weighted by Gasteiger charge is 2.18. The highest BCUT2D eigenvalue weighted by molar-refractivity contribution is 7.13. The lowest BCUT2D eigenvalue weighted by atomic mass is 10.0. The van der Waals surface area contributed by atoms with Crippen LogP contribution >= 0.6 is 11.3 Å². The Morgan fingerprint density at radius 3 is 3.00 bits per heavy atom. The molecule has 0 aliphatic carbocycles. The monoisotopic (exact) mass is 389 g/mol. The fourth-order valence-electron chi connectivity index (χ4n) is 3.35. The SMILES string of the molecule is CCOc1ccc(C(=O)Nc2nc(CN3CCCC(C)C3)cs2)cc1OC. The quantitative estimate of drug-likeness (QED) is 0.774. The zero-order chi connectivity index (χ0) is 19.2. The number of carbonyl (C=O) groups excluding carboxylic acids is 1. The number of rotatable bonds is 7. The molecule has 0 spiro atoms. The van der Waals surface area contributed by atoms with E-state index in [9.17, 15) is 4.79 Å². The van der Waals surface area contributed by atoms with Crippen LogP contribution in [-0.2, 0) is 6.54 Å². The molecule has 1 N–H and O–H groups in total. The van der Waals surface area contributed by atoms with Gasteiger partial charge in [0, 0.05) is 24.0 Å². The molecule has 27 heavy (non-hydrogen) atoms. The van der Waals surface area contributed by atoms with Gasteiger partial charge in [-0.25, -0.2) is 4.98 Å². The van der Waals surface area contributed by atoms with E-state index < -0.39 is 0 Å².